The predicted octanol–water partition coefficient (Wildman–Crippen LogP) is 7.05. The van der Waals surface area contributed by atoms with Crippen molar-refractivity contribution >= 4 is 26.4 Å². The van der Waals surface area contributed by atoms with Crippen molar-refractivity contribution in [2.45, 2.75) is 66.7 Å². The zero-order chi connectivity index (χ0) is 27.1. The minimum atomic E-state index is -4.91. The summed E-state index contributed by atoms with van der Waals surface area (Å²) < 4.78 is 33.5. The smallest absolute Gasteiger partial charge is 0.403 e. The Morgan fingerprint density at radius 3 is 1.78 bits per heavy atom. The van der Waals surface area contributed by atoms with Gasteiger partial charge in [0.2, 0.25) is 0 Å². The Morgan fingerprint density at radius 1 is 0.778 bits per heavy atom. The Labute approximate surface area is 212 Å². The Morgan fingerprint density at radius 2 is 1.25 bits per heavy atom. The Kier molecular flexibility index (Phi) is 10.7. The molecule has 36 heavy (non-hydrogen) atoms. The minimum absolute atomic E-state index is 0.0337. The van der Waals surface area contributed by atoms with Gasteiger partial charge in [-0.15, -0.1) is 0 Å². The fourth-order valence-corrected chi connectivity index (χ4v) is 4.79. The van der Waals surface area contributed by atoms with Crippen molar-refractivity contribution in [3.8, 4) is 11.5 Å². The number of benzene rings is 2. The zero-order valence-electron chi connectivity index (χ0n) is 21.4. The monoisotopic (exact) mass is 538 g/mol. The molecule has 4 N–H and O–H groups in total. The molecule has 0 aliphatic carbocycles. The third kappa shape index (κ3) is 9.70. The largest absolute Gasteiger partial charge is 0.524 e. The van der Waals surface area contributed by atoms with Crippen LogP contribution in [0.1, 0.15) is 64.5 Å². The van der Waals surface area contributed by atoms with Crippen LogP contribution in [0.4, 0.5) is 0 Å². The second-order valence-electron chi connectivity index (χ2n) is 9.14. The summed E-state index contributed by atoms with van der Waals surface area (Å²) in [4.78, 5) is 38.0. The topological polar surface area (TPSA) is 134 Å². The molecule has 0 aromatic heterocycles. The highest BCUT2D eigenvalue weighted by Crippen LogP contribution is 2.50. The maximum atomic E-state index is 11.8. The maximum absolute atomic E-state index is 11.8. The summed E-state index contributed by atoms with van der Waals surface area (Å²) in [6.45, 7) is 9.84. The molecule has 2 aromatic rings. The van der Waals surface area contributed by atoms with E-state index in [1.807, 2.05) is 13.0 Å². The lowest BCUT2D eigenvalue weighted by Crippen LogP contribution is -2.03. The summed E-state index contributed by atoms with van der Waals surface area (Å²) in [5, 5.41) is 0.561. The van der Waals surface area contributed by atoms with E-state index in [2.05, 4.69) is 32.9 Å². The summed E-state index contributed by atoms with van der Waals surface area (Å²) >= 11 is 0. The zero-order valence-corrected chi connectivity index (χ0v) is 23.2. The fraction of sp³-hybridized carbons (Fsp3) is 0.385. The lowest BCUT2D eigenvalue weighted by molar-refractivity contribution is 0.278. The standard InChI is InChI=1S/C26H36O8P2/c1-18(2)10-8-11-19(3)12-9-13-20(4)16-17-22-21(5)25(33-35(27,28)29)23-14-6-7-15-24(23)26(22)34-36(30,31)32/h6-7,10,12,14-16H,8-9,11,13,17H2,1-5H3,(H2,27,28,29)(H2,30,31,32)/b19-12+,20-16+. The van der Waals surface area contributed by atoms with E-state index in [4.69, 9.17) is 9.05 Å². The Balaban J connectivity index is 2.39. The number of hydrogen-bond donors (Lipinski definition) is 4. The van der Waals surface area contributed by atoms with Gasteiger partial charge >= 0.3 is 15.6 Å². The van der Waals surface area contributed by atoms with Gasteiger partial charge in [-0.1, -0.05) is 59.2 Å². The van der Waals surface area contributed by atoms with E-state index in [-0.39, 0.29) is 28.7 Å². The highest BCUT2D eigenvalue weighted by atomic mass is 31.2. The molecule has 0 bridgehead atoms. The van der Waals surface area contributed by atoms with Crippen LogP contribution in [-0.4, -0.2) is 19.6 Å². The molecule has 198 valence electrons. The molecular formula is C26H36O8P2. The van der Waals surface area contributed by atoms with Crippen LogP contribution >= 0.6 is 15.6 Å². The van der Waals surface area contributed by atoms with Gasteiger partial charge in [0.15, 0.2) is 0 Å². The number of rotatable bonds is 12. The SMILES string of the molecule is CC(C)=CCC/C(C)=C/CC/C(C)=C/Cc1c(C)c(OP(=O)(O)O)c2ccccc2c1OP(=O)(O)O. The van der Waals surface area contributed by atoms with Crippen LogP contribution < -0.4 is 9.05 Å². The number of allylic oxidation sites excluding steroid dienone is 6. The lowest BCUT2D eigenvalue weighted by Gasteiger charge is -2.21. The van der Waals surface area contributed by atoms with Crippen molar-refractivity contribution in [2.75, 3.05) is 0 Å². The first-order valence-corrected chi connectivity index (χ1v) is 14.7. The van der Waals surface area contributed by atoms with Gasteiger partial charge in [0.05, 0.1) is 0 Å². The fourth-order valence-electron chi connectivity index (χ4n) is 3.87. The maximum Gasteiger partial charge on any atom is 0.524 e. The third-order valence-electron chi connectivity index (χ3n) is 5.68. The van der Waals surface area contributed by atoms with E-state index in [1.165, 1.54) is 11.1 Å². The highest BCUT2D eigenvalue weighted by Gasteiger charge is 2.27. The molecule has 0 atom stereocenters. The van der Waals surface area contributed by atoms with Crippen molar-refractivity contribution in [2.24, 2.45) is 0 Å². The molecule has 0 heterocycles. The summed E-state index contributed by atoms with van der Waals surface area (Å²) in [6.07, 6.45) is 10.3. The average molecular weight is 539 g/mol. The molecule has 0 fully saturated rings. The Bertz CT molecular complexity index is 1260. The predicted molar refractivity (Wildman–Crippen MR) is 143 cm³/mol. The molecular weight excluding hydrogens is 502 g/mol. The van der Waals surface area contributed by atoms with E-state index in [0.717, 1.165) is 31.3 Å². The van der Waals surface area contributed by atoms with Crippen LogP contribution in [0, 0.1) is 6.92 Å². The van der Waals surface area contributed by atoms with Gasteiger partial charge in [-0.3, -0.25) is 19.6 Å². The van der Waals surface area contributed by atoms with E-state index in [0.29, 0.717) is 11.1 Å². The average Bonchev–Trinajstić information content (AvgIpc) is 2.74. The molecule has 8 nitrogen and oxygen atoms in total. The minimum Gasteiger partial charge on any atom is -0.403 e. The second kappa shape index (κ2) is 12.9. The quantitative estimate of drug-likeness (QED) is 0.167. The van der Waals surface area contributed by atoms with Gasteiger partial charge in [-0.05, 0) is 72.3 Å². The molecule has 0 saturated carbocycles. The molecule has 0 saturated heterocycles. The summed E-state index contributed by atoms with van der Waals surface area (Å²) in [7, 11) is -9.80. The molecule has 0 radical (unpaired) electrons. The van der Waals surface area contributed by atoms with E-state index < -0.39 is 15.6 Å². The number of fused-ring (bicyclic) bond motifs is 1. The molecule has 0 spiro atoms. The molecule has 0 amide bonds. The summed E-state index contributed by atoms with van der Waals surface area (Å²) in [6, 6.07) is 6.39. The van der Waals surface area contributed by atoms with Gasteiger partial charge in [-0.25, -0.2) is 9.13 Å². The molecule has 0 unspecified atom stereocenters. The van der Waals surface area contributed by atoms with Gasteiger partial charge in [0.1, 0.15) is 11.5 Å². The molecule has 0 aliphatic rings. The van der Waals surface area contributed by atoms with Crippen molar-refractivity contribution in [3.63, 3.8) is 0 Å². The van der Waals surface area contributed by atoms with Crippen LogP contribution in [0.15, 0.2) is 59.2 Å². The molecule has 0 aliphatic heterocycles. The first-order valence-electron chi connectivity index (χ1n) is 11.7. The first-order chi connectivity index (χ1) is 16.7. The van der Waals surface area contributed by atoms with Gasteiger partial charge in [0.25, 0.3) is 0 Å². The van der Waals surface area contributed by atoms with Gasteiger partial charge in [-0.2, -0.15) is 0 Å². The van der Waals surface area contributed by atoms with E-state index in [9.17, 15) is 28.7 Å². The summed E-state index contributed by atoms with van der Waals surface area (Å²) in [5.41, 5.74) is 4.41. The number of phosphoric acid groups is 2. The van der Waals surface area contributed by atoms with Crippen molar-refractivity contribution < 1.29 is 37.8 Å². The summed E-state index contributed by atoms with van der Waals surface area (Å²) in [5.74, 6) is -0.0819. The third-order valence-corrected chi connectivity index (χ3v) is 6.52. The number of hydrogen-bond acceptors (Lipinski definition) is 4. The first kappa shape index (κ1) is 30.0. The molecule has 2 aromatic carbocycles. The van der Waals surface area contributed by atoms with Crippen molar-refractivity contribution in [1.29, 1.82) is 0 Å². The lowest BCUT2D eigenvalue weighted by atomic mass is 9.95. The van der Waals surface area contributed by atoms with Crippen LogP contribution in [0.5, 0.6) is 11.5 Å². The van der Waals surface area contributed by atoms with Crippen LogP contribution in [0.25, 0.3) is 10.8 Å². The normalized spacial score (nSPS) is 13.1. The molecule has 10 heteroatoms. The van der Waals surface area contributed by atoms with Gasteiger partial charge < -0.3 is 9.05 Å². The van der Waals surface area contributed by atoms with Crippen molar-refractivity contribution in [1.82, 2.24) is 0 Å². The van der Waals surface area contributed by atoms with E-state index in [1.54, 1.807) is 31.2 Å². The van der Waals surface area contributed by atoms with Gasteiger partial charge in [0, 0.05) is 16.3 Å². The van der Waals surface area contributed by atoms with Crippen molar-refractivity contribution in [3.05, 3.63) is 70.3 Å². The molecule has 2 rings (SSSR count). The van der Waals surface area contributed by atoms with Crippen LogP contribution in [0.2, 0.25) is 0 Å². The van der Waals surface area contributed by atoms with Crippen LogP contribution in [-0.2, 0) is 15.6 Å². The number of phosphoric ester groups is 2. The Hall–Kier alpha value is -2.18. The van der Waals surface area contributed by atoms with E-state index >= 15 is 0 Å². The van der Waals surface area contributed by atoms with Crippen LogP contribution in [0.3, 0.4) is 0 Å². The second-order valence-corrected chi connectivity index (χ2v) is 11.5. The highest BCUT2D eigenvalue weighted by molar-refractivity contribution is 7.47.